The fraction of sp³-hybridized carbons (Fsp3) is 0.167. The maximum atomic E-state index is 13.2. The Bertz CT molecular complexity index is 1350. The number of para-hydroxylation sites is 1. The third-order valence-electron chi connectivity index (χ3n) is 5.23. The molecule has 6 nitrogen and oxygen atoms in total. The Hall–Kier alpha value is -3.10. The Morgan fingerprint density at radius 1 is 1.12 bits per heavy atom. The van der Waals surface area contributed by atoms with Crippen LogP contribution in [0.3, 0.4) is 0 Å². The molecule has 8 heteroatoms. The lowest BCUT2D eigenvalue weighted by Gasteiger charge is -2.07. The Morgan fingerprint density at radius 2 is 1.81 bits per heavy atom. The minimum atomic E-state index is -0.143. The highest BCUT2D eigenvalue weighted by molar-refractivity contribution is 7.07. The number of nitrogens with zero attached hydrogens (tertiary/aromatic N) is 4. The molecule has 2 heterocycles. The zero-order valence-corrected chi connectivity index (χ0v) is 20.6. The van der Waals surface area contributed by atoms with Crippen molar-refractivity contribution in [3.8, 4) is 22.7 Å². The van der Waals surface area contributed by atoms with E-state index in [4.69, 9.17) is 9.73 Å². The molecule has 0 radical (unpaired) electrons. The number of hydrogen-bond donors (Lipinski definition) is 0. The van der Waals surface area contributed by atoms with E-state index in [0.717, 1.165) is 33.2 Å². The van der Waals surface area contributed by atoms with Crippen LogP contribution in [0.2, 0.25) is 0 Å². The highest BCUT2D eigenvalue weighted by Gasteiger charge is 2.16. The van der Waals surface area contributed by atoms with Crippen LogP contribution in [0.4, 0.5) is 5.69 Å². The first-order chi connectivity index (χ1) is 15.0. The van der Waals surface area contributed by atoms with E-state index >= 15 is 0 Å². The Morgan fingerprint density at radius 3 is 2.44 bits per heavy atom. The van der Waals surface area contributed by atoms with Gasteiger partial charge in [-0.3, -0.25) is 9.48 Å². The lowest BCUT2D eigenvalue weighted by Crippen LogP contribution is -3.00. The summed E-state index contributed by atoms with van der Waals surface area (Å²) in [5.41, 5.74) is 3.97. The van der Waals surface area contributed by atoms with E-state index in [1.165, 1.54) is 11.3 Å². The number of ether oxygens (including phenoxy) is 1. The van der Waals surface area contributed by atoms with Crippen LogP contribution in [0.25, 0.3) is 16.9 Å². The van der Waals surface area contributed by atoms with E-state index in [1.807, 2.05) is 79.3 Å². The molecule has 0 amide bonds. The summed E-state index contributed by atoms with van der Waals surface area (Å²) in [7, 11) is 3.52. The SMILES string of the molecule is C=CCn1c(-c2ccc(OC)cc2)csc1=Nc1c(C)n(C)n(-c2ccccc2)c1=O.[Br-]. The van der Waals surface area contributed by atoms with Gasteiger partial charge in [-0.25, -0.2) is 9.67 Å². The standard InChI is InChI=1S/C24H24N4O2S.BrH/c1-5-15-27-21(18-11-13-20(30-4)14-12-18)16-31-24(27)25-22-17(2)26(3)28(23(22)29)19-9-7-6-8-10-19;/h5-14,16H,1,15H2,2-4H3;1H/p-1. The molecule has 0 bridgehead atoms. The number of methoxy groups -OCH3 is 1. The van der Waals surface area contributed by atoms with E-state index in [2.05, 4.69) is 16.5 Å². The monoisotopic (exact) mass is 511 g/mol. The van der Waals surface area contributed by atoms with Gasteiger partial charge in [0, 0.05) is 19.0 Å². The van der Waals surface area contributed by atoms with Crippen LogP contribution in [0.1, 0.15) is 5.69 Å². The molecule has 0 saturated carbocycles. The first kappa shape index (κ1) is 23.6. The van der Waals surface area contributed by atoms with Gasteiger partial charge in [0.2, 0.25) is 0 Å². The van der Waals surface area contributed by atoms with Gasteiger partial charge < -0.3 is 26.3 Å². The van der Waals surface area contributed by atoms with Crippen molar-refractivity contribution < 1.29 is 21.7 Å². The van der Waals surface area contributed by atoms with Crippen LogP contribution in [-0.2, 0) is 13.6 Å². The lowest BCUT2D eigenvalue weighted by atomic mass is 10.1. The molecule has 32 heavy (non-hydrogen) atoms. The summed E-state index contributed by atoms with van der Waals surface area (Å²) in [4.78, 5) is 18.8. The molecular formula is C24H24BrN4O2S-. The largest absolute Gasteiger partial charge is 1.00 e. The van der Waals surface area contributed by atoms with Gasteiger partial charge in [0.15, 0.2) is 10.5 Å². The Kier molecular flexibility index (Phi) is 7.37. The molecule has 0 atom stereocenters. The van der Waals surface area contributed by atoms with Crippen LogP contribution in [0.15, 0.2) is 82.4 Å². The number of benzene rings is 2. The predicted molar refractivity (Wildman–Crippen MR) is 125 cm³/mol. The molecule has 0 aliphatic rings. The molecule has 4 rings (SSSR count). The first-order valence-electron chi connectivity index (χ1n) is 9.87. The fourth-order valence-corrected chi connectivity index (χ4v) is 4.42. The molecule has 0 saturated heterocycles. The molecule has 0 N–H and O–H groups in total. The van der Waals surface area contributed by atoms with Crippen molar-refractivity contribution in [2.75, 3.05) is 7.11 Å². The van der Waals surface area contributed by atoms with Crippen LogP contribution < -0.4 is 32.1 Å². The average molecular weight is 512 g/mol. The highest BCUT2D eigenvalue weighted by Crippen LogP contribution is 2.24. The molecular weight excluding hydrogens is 488 g/mol. The van der Waals surface area contributed by atoms with Crippen molar-refractivity contribution in [2.45, 2.75) is 13.5 Å². The Balaban J connectivity index is 0.00000289. The smallest absolute Gasteiger partial charge is 0.297 e. The number of rotatable bonds is 6. The second-order valence-electron chi connectivity index (χ2n) is 7.05. The van der Waals surface area contributed by atoms with E-state index in [9.17, 15) is 4.79 Å². The van der Waals surface area contributed by atoms with Crippen LogP contribution in [-0.4, -0.2) is 21.0 Å². The van der Waals surface area contributed by atoms with E-state index in [0.29, 0.717) is 12.2 Å². The maximum Gasteiger partial charge on any atom is 0.297 e. The highest BCUT2D eigenvalue weighted by atomic mass is 79.9. The minimum absolute atomic E-state index is 0. The van der Waals surface area contributed by atoms with Crippen LogP contribution in [0.5, 0.6) is 5.75 Å². The first-order valence-corrected chi connectivity index (χ1v) is 10.8. The summed E-state index contributed by atoms with van der Waals surface area (Å²) in [6.07, 6.45) is 1.83. The minimum Gasteiger partial charge on any atom is -1.00 e. The second kappa shape index (κ2) is 10.0. The van der Waals surface area contributed by atoms with Crippen LogP contribution in [0, 0.1) is 6.92 Å². The molecule has 2 aromatic heterocycles. The number of hydrogen-bond acceptors (Lipinski definition) is 4. The van der Waals surface area contributed by atoms with Gasteiger partial charge in [0.25, 0.3) is 5.56 Å². The van der Waals surface area contributed by atoms with E-state index in [-0.39, 0.29) is 22.5 Å². The van der Waals surface area contributed by atoms with Gasteiger partial charge >= 0.3 is 0 Å². The van der Waals surface area contributed by atoms with Crippen molar-refractivity contribution in [1.29, 1.82) is 0 Å². The molecule has 2 aromatic carbocycles. The van der Waals surface area contributed by atoms with Crippen molar-refractivity contribution in [3.05, 3.63) is 93.5 Å². The van der Waals surface area contributed by atoms with Crippen LogP contribution >= 0.6 is 11.3 Å². The molecule has 0 aliphatic carbocycles. The van der Waals surface area contributed by atoms with E-state index < -0.39 is 0 Å². The molecule has 0 fully saturated rings. The average Bonchev–Trinajstić information content (AvgIpc) is 3.28. The third kappa shape index (κ3) is 4.28. The fourth-order valence-electron chi connectivity index (χ4n) is 3.50. The van der Waals surface area contributed by atoms with Gasteiger partial charge in [0.1, 0.15) is 5.75 Å². The number of halogens is 1. The predicted octanol–water partition coefficient (Wildman–Crippen LogP) is 1.45. The zero-order valence-electron chi connectivity index (χ0n) is 18.2. The number of allylic oxidation sites excluding steroid dienone is 1. The van der Waals surface area contributed by atoms with Crippen molar-refractivity contribution in [2.24, 2.45) is 12.0 Å². The van der Waals surface area contributed by atoms with E-state index in [1.54, 1.807) is 11.8 Å². The summed E-state index contributed by atoms with van der Waals surface area (Å²) < 4.78 is 10.8. The lowest BCUT2D eigenvalue weighted by molar-refractivity contribution is -0.00000668. The van der Waals surface area contributed by atoms with Crippen molar-refractivity contribution >= 4 is 17.0 Å². The summed E-state index contributed by atoms with van der Waals surface area (Å²) in [6.45, 7) is 6.39. The van der Waals surface area contributed by atoms with Crippen molar-refractivity contribution in [3.63, 3.8) is 0 Å². The maximum absolute atomic E-state index is 13.2. The zero-order chi connectivity index (χ0) is 22.0. The van der Waals surface area contributed by atoms with Gasteiger partial charge in [-0.1, -0.05) is 24.3 Å². The molecule has 0 aliphatic heterocycles. The van der Waals surface area contributed by atoms with Gasteiger partial charge in [-0.2, -0.15) is 0 Å². The number of thiazole rings is 1. The van der Waals surface area contributed by atoms with Gasteiger partial charge in [0.05, 0.1) is 24.2 Å². The summed E-state index contributed by atoms with van der Waals surface area (Å²) in [6, 6.07) is 17.5. The van der Waals surface area contributed by atoms with Gasteiger partial charge in [-0.05, 0) is 48.9 Å². The van der Waals surface area contributed by atoms with Crippen molar-refractivity contribution in [1.82, 2.24) is 13.9 Å². The molecule has 0 unspecified atom stereocenters. The molecule has 4 aromatic rings. The normalized spacial score (nSPS) is 11.3. The van der Waals surface area contributed by atoms with Gasteiger partial charge in [-0.15, -0.1) is 17.9 Å². The Labute approximate surface area is 201 Å². The summed E-state index contributed by atoms with van der Waals surface area (Å²) >= 11 is 1.50. The molecule has 0 spiro atoms. The molecule has 166 valence electrons. The number of aromatic nitrogens is 3. The summed E-state index contributed by atoms with van der Waals surface area (Å²) in [5.74, 6) is 0.806. The quantitative estimate of drug-likeness (QED) is 0.368. The second-order valence-corrected chi connectivity index (χ2v) is 7.89. The topological polar surface area (TPSA) is 53.4 Å². The summed E-state index contributed by atoms with van der Waals surface area (Å²) in [5, 5.41) is 2.05. The third-order valence-corrected chi connectivity index (χ3v) is 6.09.